The van der Waals surface area contributed by atoms with Crippen LogP contribution in [0.2, 0.25) is 0 Å². The molecule has 0 saturated heterocycles. The van der Waals surface area contributed by atoms with Crippen LogP contribution < -0.4 is 25.5 Å². The number of nitrogens with zero attached hydrogens (tertiary/aromatic N) is 1. The maximum atomic E-state index is 13.9. The number of likely N-dealkylation sites (N-methyl/N-ethyl adjacent to an activating group) is 1. The number of carboxylic acid groups (broad SMARTS) is 1. The molecule has 19 heteroatoms. The van der Waals surface area contributed by atoms with E-state index in [0.717, 1.165) is 22.2 Å². The van der Waals surface area contributed by atoms with Gasteiger partial charge in [-0.25, -0.2) is 0 Å². The maximum absolute atomic E-state index is 13.9. The van der Waals surface area contributed by atoms with Crippen LogP contribution in [0.15, 0.2) is 54.7 Å². The SMILES string of the molecule is CCCC[C@H](NC(=O)CCc1ccc(OS(=O)(=O)O)cc1)C(=O)NCC(=O)N[C@@H](Cc1c[nH]c2ccccc12)C(=O)N[C@@H](CCCC)C(=O)N(C)[C@H](C=O)CC(=O)O. The van der Waals surface area contributed by atoms with E-state index in [0.29, 0.717) is 36.7 Å². The number of para-hydroxylation sites is 1. The number of hydrogen-bond acceptors (Lipinski definition) is 10. The van der Waals surface area contributed by atoms with Gasteiger partial charge in [0.1, 0.15) is 30.2 Å². The third-order valence-corrected chi connectivity index (χ3v) is 9.69. The molecule has 5 amide bonds. The van der Waals surface area contributed by atoms with Crippen LogP contribution in [0.25, 0.3) is 10.9 Å². The van der Waals surface area contributed by atoms with Gasteiger partial charge in [-0.15, -0.1) is 0 Å². The summed E-state index contributed by atoms with van der Waals surface area (Å²) in [4.78, 5) is 94.1. The first-order chi connectivity index (χ1) is 27.5. The van der Waals surface area contributed by atoms with E-state index >= 15 is 0 Å². The molecule has 0 fully saturated rings. The quantitative estimate of drug-likeness (QED) is 0.0478. The largest absolute Gasteiger partial charge is 0.481 e. The molecule has 3 aromatic rings. The number of carboxylic acids is 1. The average Bonchev–Trinajstić information content (AvgIpc) is 3.59. The zero-order chi connectivity index (χ0) is 42.8. The first kappa shape index (κ1) is 46.6. The molecule has 7 N–H and O–H groups in total. The fourth-order valence-electron chi connectivity index (χ4n) is 6.10. The Morgan fingerprint density at radius 1 is 0.862 bits per heavy atom. The molecule has 0 aliphatic rings. The average molecular weight is 829 g/mol. The van der Waals surface area contributed by atoms with Gasteiger partial charge in [-0.2, -0.15) is 8.42 Å². The van der Waals surface area contributed by atoms with Crippen LogP contribution in [0.1, 0.15) is 76.3 Å². The molecule has 0 saturated carbocycles. The van der Waals surface area contributed by atoms with Crippen molar-refractivity contribution in [2.24, 2.45) is 0 Å². The van der Waals surface area contributed by atoms with Gasteiger partial charge in [-0.1, -0.05) is 69.9 Å². The summed E-state index contributed by atoms with van der Waals surface area (Å²) in [5, 5.41) is 20.6. The molecule has 316 valence electrons. The van der Waals surface area contributed by atoms with Crippen molar-refractivity contribution in [2.75, 3.05) is 13.6 Å². The van der Waals surface area contributed by atoms with Gasteiger partial charge in [0, 0.05) is 37.0 Å². The number of aldehydes is 1. The molecule has 4 atom stereocenters. The number of aryl methyl sites for hydroxylation is 1. The highest BCUT2D eigenvalue weighted by Crippen LogP contribution is 2.20. The Hall–Kier alpha value is -5.82. The van der Waals surface area contributed by atoms with E-state index in [9.17, 15) is 47.1 Å². The van der Waals surface area contributed by atoms with Crippen molar-refractivity contribution < 1.29 is 55.8 Å². The lowest BCUT2D eigenvalue weighted by Crippen LogP contribution is -2.57. The number of fused-ring (bicyclic) bond motifs is 1. The molecule has 0 spiro atoms. The Bertz CT molecular complexity index is 2000. The smallest absolute Gasteiger partial charge is 0.446 e. The third kappa shape index (κ3) is 15.3. The Morgan fingerprint density at radius 3 is 2.12 bits per heavy atom. The predicted octanol–water partition coefficient (Wildman–Crippen LogP) is 1.98. The summed E-state index contributed by atoms with van der Waals surface area (Å²) >= 11 is 0. The summed E-state index contributed by atoms with van der Waals surface area (Å²) in [5.74, 6) is -4.59. The van der Waals surface area contributed by atoms with Crippen LogP contribution in [0, 0.1) is 0 Å². The van der Waals surface area contributed by atoms with Crippen LogP contribution in [-0.2, 0) is 56.8 Å². The normalized spacial score (nSPS) is 13.3. The Labute approximate surface area is 336 Å². The molecule has 0 unspecified atom stereocenters. The number of hydrogen-bond donors (Lipinski definition) is 7. The summed E-state index contributed by atoms with van der Waals surface area (Å²) in [5.41, 5.74) is 2.13. The van der Waals surface area contributed by atoms with Crippen LogP contribution in [0.5, 0.6) is 5.75 Å². The molecule has 1 aromatic heterocycles. The lowest BCUT2D eigenvalue weighted by molar-refractivity contribution is -0.144. The lowest BCUT2D eigenvalue weighted by Gasteiger charge is -2.29. The fourth-order valence-corrected chi connectivity index (χ4v) is 6.46. The zero-order valence-corrected chi connectivity index (χ0v) is 33.5. The predicted molar refractivity (Wildman–Crippen MR) is 212 cm³/mol. The summed E-state index contributed by atoms with van der Waals surface area (Å²) in [6.45, 7) is 3.24. The van der Waals surface area contributed by atoms with Gasteiger partial charge in [-0.05, 0) is 48.6 Å². The van der Waals surface area contributed by atoms with Crippen molar-refractivity contribution in [3.8, 4) is 5.75 Å². The lowest BCUT2D eigenvalue weighted by atomic mass is 10.0. The fraction of sp³-hybridized carbons (Fsp3) is 0.462. The standard InChI is InChI=1S/C39H52N6O12S/c1-4-6-11-31(42-34(47)19-16-25-14-17-28(18-15-25)57-58(54,55)56)37(51)41-23-35(48)43-33(20-26-22-40-30-13-9-8-10-29(26)30)38(52)44-32(12-7-5-2)39(53)45(3)27(24-46)21-36(49)50/h8-10,13-15,17-18,22,24,27,31-33,40H,4-7,11-12,16,19-21,23H2,1-3H3,(H,41,51)(H,42,47)(H,43,48)(H,44,52)(H,49,50)(H,54,55,56)/t27-,31-,32-,33-/m0/s1. The van der Waals surface area contributed by atoms with E-state index in [1.807, 2.05) is 38.1 Å². The molecule has 0 radical (unpaired) electrons. The van der Waals surface area contributed by atoms with Gasteiger partial charge in [0.25, 0.3) is 0 Å². The Morgan fingerprint density at radius 2 is 1.50 bits per heavy atom. The number of aromatic amines is 1. The molecule has 58 heavy (non-hydrogen) atoms. The van der Waals surface area contributed by atoms with Gasteiger partial charge in [0.2, 0.25) is 29.5 Å². The molecule has 18 nitrogen and oxygen atoms in total. The Kier molecular flexibility index (Phi) is 18.3. The van der Waals surface area contributed by atoms with Crippen molar-refractivity contribution in [2.45, 2.75) is 102 Å². The summed E-state index contributed by atoms with van der Waals surface area (Å²) in [6.07, 6.45) is 4.57. The van der Waals surface area contributed by atoms with Gasteiger partial charge in [0.05, 0.1) is 19.0 Å². The van der Waals surface area contributed by atoms with Crippen molar-refractivity contribution in [3.05, 3.63) is 65.9 Å². The summed E-state index contributed by atoms with van der Waals surface area (Å²) in [6, 6.07) is 8.37. The number of amides is 5. The van der Waals surface area contributed by atoms with Crippen LogP contribution in [0.3, 0.4) is 0 Å². The molecular formula is C39H52N6O12S. The van der Waals surface area contributed by atoms with Gasteiger partial charge in [-0.3, -0.25) is 33.3 Å². The number of benzene rings is 2. The monoisotopic (exact) mass is 828 g/mol. The second-order valence-corrected chi connectivity index (χ2v) is 14.8. The van der Waals surface area contributed by atoms with Gasteiger partial charge < -0.3 is 45.2 Å². The van der Waals surface area contributed by atoms with E-state index in [2.05, 4.69) is 30.4 Å². The highest BCUT2D eigenvalue weighted by atomic mass is 32.3. The number of aromatic nitrogens is 1. The van der Waals surface area contributed by atoms with Crippen molar-refractivity contribution in [1.29, 1.82) is 0 Å². The summed E-state index contributed by atoms with van der Waals surface area (Å²) < 4.78 is 35.1. The van der Waals surface area contributed by atoms with Crippen LogP contribution in [0.4, 0.5) is 0 Å². The van der Waals surface area contributed by atoms with E-state index in [1.54, 1.807) is 6.20 Å². The highest BCUT2D eigenvalue weighted by molar-refractivity contribution is 7.81. The maximum Gasteiger partial charge on any atom is 0.446 e. The van der Waals surface area contributed by atoms with Gasteiger partial charge in [0.15, 0.2) is 0 Å². The minimum absolute atomic E-state index is 0.0124. The van der Waals surface area contributed by atoms with Crippen molar-refractivity contribution in [1.82, 2.24) is 31.2 Å². The van der Waals surface area contributed by atoms with Crippen molar-refractivity contribution >= 4 is 63.1 Å². The second-order valence-electron chi connectivity index (χ2n) is 13.8. The Balaban J connectivity index is 1.71. The minimum Gasteiger partial charge on any atom is -0.481 e. The van der Waals surface area contributed by atoms with Crippen LogP contribution in [-0.4, -0.2) is 108 Å². The number of unbranched alkanes of at least 4 members (excludes halogenated alkanes) is 2. The number of aliphatic carboxylic acids is 1. The number of carbonyl (C=O) groups excluding carboxylic acids is 6. The summed E-state index contributed by atoms with van der Waals surface area (Å²) in [7, 11) is -3.40. The molecule has 2 aromatic carbocycles. The van der Waals surface area contributed by atoms with E-state index in [-0.39, 0.29) is 37.9 Å². The van der Waals surface area contributed by atoms with Crippen molar-refractivity contribution in [3.63, 3.8) is 0 Å². The first-order valence-corrected chi connectivity index (χ1v) is 20.3. The highest BCUT2D eigenvalue weighted by Gasteiger charge is 2.32. The van der Waals surface area contributed by atoms with E-state index in [4.69, 9.17) is 4.55 Å². The minimum atomic E-state index is -4.68. The number of H-pyrrole nitrogens is 1. The van der Waals surface area contributed by atoms with E-state index in [1.165, 1.54) is 31.3 Å². The topological polar surface area (TPSA) is 270 Å². The number of nitrogens with one attached hydrogen (secondary N) is 5. The van der Waals surface area contributed by atoms with Crippen LogP contribution >= 0.6 is 0 Å². The molecular weight excluding hydrogens is 777 g/mol. The van der Waals surface area contributed by atoms with Gasteiger partial charge >= 0.3 is 16.4 Å². The molecule has 0 bridgehead atoms. The molecule has 0 aliphatic carbocycles. The van der Waals surface area contributed by atoms with E-state index < -0.39 is 83.0 Å². The second kappa shape index (κ2) is 22.8. The number of carbonyl (C=O) groups is 7. The number of rotatable bonds is 25. The molecule has 3 rings (SSSR count). The zero-order valence-electron chi connectivity index (χ0n) is 32.7. The first-order valence-electron chi connectivity index (χ1n) is 19.0. The molecule has 0 aliphatic heterocycles. The third-order valence-electron chi connectivity index (χ3n) is 9.28. The molecule has 1 heterocycles.